The summed E-state index contributed by atoms with van der Waals surface area (Å²) in [5, 5.41) is 2.77. The lowest BCUT2D eigenvalue weighted by molar-refractivity contribution is -0.116. The number of aromatic nitrogens is 1. The van der Waals surface area contributed by atoms with Crippen LogP contribution in [0.4, 0.5) is 17.2 Å². The molecule has 1 aliphatic rings. The van der Waals surface area contributed by atoms with E-state index in [0.29, 0.717) is 11.5 Å². The Morgan fingerprint density at radius 1 is 1.03 bits per heavy atom. The number of rotatable bonds is 4. The van der Waals surface area contributed by atoms with E-state index in [1.807, 2.05) is 56.3 Å². The van der Waals surface area contributed by atoms with Crippen LogP contribution in [0, 0.1) is 13.8 Å². The third-order valence-electron chi connectivity index (χ3n) is 4.89. The zero-order valence-corrected chi connectivity index (χ0v) is 17.6. The minimum Gasteiger partial charge on any atom is -0.325 e. The molecule has 2 heterocycles. The molecule has 0 radical (unpaired) electrons. The molecule has 8 heteroatoms. The first-order valence-electron chi connectivity index (χ1n) is 9.50. The van der Waals surface area contributed by atoms with Crippen LogP contribution in [0.3, 0.4) is 0 Å². The van der Waals surface area contributed by atoms with Gasteiger partial charge in [0.05, 0.1) is 13.2 Å². The number of aryl methyl sites for hydroxylation is 2. The van der Waals surface area contributed by atoms with E-state index in [4.69, 9.17) is 0 Å². The van der Waals surface area contributed by atoms with Gasteiger partial charge in [-0.1, -0.05) is 29.8 Å². The molecule has 3 aromatic rings. The second kappa shape index (κ2) is 7.89. The Bertz CT molecular complexity index is 1190. The van der Waals surface area contributed by atoms with Gasteiger partial charge in [-0.05, 0) is 55.8 Å². The molecule has 30 heavy (non-hydrogen) atoms. The van der Waals surface area contributed by atoms with E-state index in [0.717, 1.165) is 16.8 Å². The lowest BCUT2D eigenvalue weighted by atomic mass is 10.2. The number of sulfonamides is 1. The molecule has 0 atom stereocenters. The molecular weight excluding hydrogens is 400 g/mol. The van der Waals surface area contributed by atoms with E-state index < -0.39 is 15.9 Å². The van der Waals surface area contributed by atoms with Crippen molar-refractivity contribution >= 4 is 33.1 Å². The number of benzene rings is 2. The van der Waals surface area contributed by atoms with Crippen molar-refractivity contribution in [2.75, 3.05) is 23.4 Å². The largest absolute Gasteiger partial charge is 0.325 e. The van der Waals surface area contributed by atoms with Crippen LogP contribution >= 0.6 is 0 Å². The summed E-state index contributed by atoms with van der Waals surface area (Å²) in [5.74, 6) is -0.0444. The Morgan fingerprint density at radius 2 is 1.80 bits per heavy atom. The van der Waals surface area contributed by atoms with Crippen LogP contribution in [0.5, 0.6) is 0 Å². The van der Waals surface area contributed by atoms with Crippen LogP contribution in [0.1, 0.15) is 11.1 Å². The minimum atomic E-state index is -3.86. The highest BCUT2D eigenvalue weighted by molar-refractivity contribution is 7.89. The Labute approximate surface area is 176 Å². The van der Waals surface area contributed by atoms with Crippen molar-refractivity contribution in [1.82, 2.24) is 9.29 Å². The average molecular weight is 423 g/mol. The van der Waals surface area contributed by atoms with Gasteiger partial charge in [-0.15, -0.1) is 0 Å². The van der Waals surface area contributed by atoms with Crippen molar-refractivity contribution < 1.29 is 13.2 Å². The second-order valence-corrected chi connectivity index (χ2v) is 9.17. The van der Waals surface area contributed by atoms with Crippen molar-refractivity contribution in [1.29, 1.82) is 0 Å². The highest BCUT2D eigenvalue weighted by Gasteiger charge is 2.37. The van der Waals surface area contributed by atoms with Gasteiger partial charge in [0.25, 0.3) is 0 Å². The Hall–Kier alpha value is -3.23. The summed E-state index contributed by atoms with van der Waals surface area (Å²) in [5.41, 5.74) is 3.54. The Kier molecular flexibility index (Phi) is 5.27. The number of hydrogen-bond donors (Lipinski definition) is 1. The minimum absolute atomic E-state index is 0.00333. The Morgan fingerprint density at radius 3 is 2.53 bits per heavy atom. The molecule has 0 spiro atoms. The monoisotopic (exact) mass is 422 g/mol. The molecule has 0 aliphatic carbocycles. The van der Waals surface area contributed by atoms with Gasteiger partial charge < -0.3 is 10.2 Å². The van der Waals surface area contributed by atoms with Crippen LogP contribution in [0.2, 0.25) is 0 Å². The van der Waals surface area contributed by atoms with E-state index in [9.17, 15) is 13.2 Å². The number of hydrogen-bond acceptors (Lipinski definition) is 5. The number of fused-ring (bicyclic) bond motifs is 1. The van der Waals surface area contributed by atoms with Crippen molar-refractivity contribution in [2.45, 2.75) is 18.7 Å². The van der Waals surface area contributed by atoms with Gasteiger partial charge in [0, 0.05) is 17.6 Å². The number of nitrogens with one attached hydrogen (secondary N) is 1. The van der Waals surface area contributed by atoms with Crippen LogP contribution in [0.15, 0.2) is 71.8 Å². The number of nitrogens with zero attached hydrogens (tertiary/aromatic N) is 3. The van der Waals surface area contributed by atoms with Crippen molar-refractivity contribution in [3.8, 4) is 0 Å². The van der Waals surface area contributed by atoms with E-state index in [1.165, 1.54) is 10.4 Å². The number of pyridine rings is 1. The maximum Gasteiger partial charge on any atom is 0.248 e. The predicted molar refractivity (Wildman–Crippen MR) is 116 cm³/mol. The molecule has 1 amide bonds. The topological polar surface area (TPSA) is 82.6 Å². The standard InChI is InChI=1S/C22H22N4O3S/c1-16-8-10-19(11-9-16)26-15-25(30(28,29)20-7-4-12-23-22(20)26)14-21(27)24-18-6-3-5-17(2)13-18/h3-13H,14-15H2,1-2H3,(H,24,27). The molecule has 0 bridgehead atoms. The maximum absolute atomic E-state index is 13.2. The third-order valence-corrected chi connectivity index (χ3v) is 6.69. The molecule has 2 aromatic carbocycles. The van der Waals surface area contributed by atoms with Gasteiger partial charge in [0.2, 0.25) is 15.9 Å². The molecule has 0 saturated carbocycles. The first kappa shape index (κ1) is 20.1. The van der Waals surface area contributed by atoms with Crippen molar-refractivity contribution in [2.24, 2.45) is 0 Å². The molecule has 154 valence electrons. The van der Waals surface area contributed by atoms with Crippen molar-refractivity contribution in [3.63, 3.8) is 0 Å². The van der Waals surface area contributed by atoms with E-state index >= 15 is 0 Å². The van der Waals surface area contributed by atoms with Crippen LogP contribution in [0.25, 0.3) is 0 Å². The average Bonchev–Trinajstić information content (AvgIpc) is 2.71. The highest BCUT2D eigenvalue weighted by atomic mass is 32.2. The summed E-state index contributed by atoms with van der Waals surface area (Å²) in [6.07, 6.45) is 1.57. The summed E-state index contributed by atoms with van der Waals surface area (Å²) in [6, 6.07) is 18.2. The summed E-state index contributed by atoms with van der Waals surface area (Å²) >= 11 is 0. The number of carbonyl (C=O) groups is 1. The summed E-state index contributed by atoms with van der Waals surface area (Å²) in [7, 11) is -3.86. The molecule has 0 fully saturated rings. The molecule has 1 N–H and O–H groups in total. The predicted octanol–water partition coefficient (Wildman–Crippen LogP) is 3.44. The molecular formula is C22H22N4O3S. The molecule has 1 aliphatic heterocycles. The molecule has 1 aromatic heterocycles. The SMILES string of the molecule is Cc1ccc(N2CN(CC(=O)Nc3cccc(C)c3)S(=O)(=O)c3cccnc32)cc1. The molecule has 7 nitrogen and oxygen atoms in total. The van der Waals surface area contributed by atoms with Gasteiger partial charge in [-0.25, -0.2) is 13.4 Å². The van der Waals surface area contributed by atoms with Gasteiger partial charge in [-0.2, -0.15) is 4.31 Å². The van der Waals surface area contributed by atoms with Gasteiger partial charge in [0.1, 0.15) is 4.90 Å². The molecule has 4 rings (SSSR count). The summed E-state index contributed by atoms with van der Waals surface area (Å²) in [4.78, 5) is 18.8. The first-order valence-corrected chi connectivity index (χ1v) is 10.9. The van der Waals surface area contributed by atoms with Gasteiger partial charge >= 0.3 is 0 Å². The van der Waals surface area contributed by atoms with Gasteiger partial charge in [0.15, 0.2) is 5.82 Å². The van der Waals surface area contributed by atoms with Crippen LogP contribution < -0.4 is 10.2 Å². The number of anilines is 3. The fraction of sp³-hybridized carbons (Fsp3) is 0.182. The zero-order chi connectivity index (χ0) is 21.3. The second-order valence-electron chi connectivity index (χ2n) is 7.26. The van der Waals surface area contributed by atoms with E-state index in [-0.39, 0.29) is 18.1 Å². The highest BCUT2D eigenvalue weighted by Crippen LogP contribution is 2.36. The maximum atomic E-state index is 13.2. The first-order chi connectivity index (χ1) is 14.3. The van der Waals surface area contributed by atoms with Crippen LogP contribution in [-0.4, -0.2) is 36.8 Å². The van der Waals surface area contributed by atoms with E-state index in [2.05, 4.69) is 10.3 Å². The number of carbonyl (C=O) groups excluding carboxylic acids is 1. The van der Waals surface area contributed by atoms with Crippen LogP contribution in [-0.2, 0) is 14.8 Å². The van der Waals surface area contributed by atoms with Crippen molar-refractivity contribution in [3.05, 3.63) is 78.0 Å². The smallest absolute Gasteiger partial charge is 0.248 e. The lowest BCUT2D eigenvalue weighted by Crippen LogP contribution is -2.47. The Balaban J connectivity index is 1.65. The third kappa shape index (κ3) is 3.92. The lowest BCUT2D eigenvalue weighted by Gasteiger charge is -2.36. The summed E-state index contributed by atoms with van der Waals surface area (Å²) in [6.45, 7) is 3.61. The number of amides is 1. The fourth-order valence-electron chi connectivity index (χ4n) is 3.37. The van der Waals surface area contributed by atoms with Gasteiger partial charge in [-0.3, -0.25) is 4.79 Å². The van der Waals surface area contributed by atoms with E-state index in [1.54, 1.807) is 23.2 Å². The normalized spacial score (nSPS) is 15.5. The summed E-state index contributed by atoms with van der Waals surface area (Å²) < 4.78 is 27.5. The fourth-order valence-corrected chi connectivity index (χ4v) is 4.85. The molecule has 0 unspecified atom stereocenters. The quantitative estimate of drug-likeness (QED) is 0.697. The zero-order valence-electron chi connectivity index (χ0n) is 16.7. The molecule has 0 saturated heterocycles.